The molecule has 0 amide bonds. The predicted molar refractivity (Wildman–Crippen MR) is 76.2 cm³/mol. The quantitative estimate of drug-likeness (QED) is 0.720. The highest BCUT2D eigenvalue weighted by Crippen LogP contribution is 2.13. The van der Waals surface area contributed by atoms with E-state index in [9.17, 15) is 4.79 Å². The van der Waals surface area contributed by atoms with E-state index in [0.717, 1.165) is 38.5 Å². The Morgan fingerprint density at radius 2 is 2.00 bits per heavy atom. The molecule has 0 bridgehead atoms. The van der Waals surface area contributed by atoms with Gasteiger partial charge < -0.3 is 10.1 Å². The Balaban J connectivity index is 0.00000289. The Hall–Kier alpha value is -0.320. The fourth-order valence-electron chi connectivity index (χ4n) is 2.37. The fourth-order valence-corrected chi connectivity index (χ4v) is 2.37. The molecule has 0 aromatic rings. The topological polar surface area (TPSA) is 41.6 Å². The van der Waals surface area contributed by atoms with Gasteiger partial charge in [-0.25, -0.2) is 0 Å². The second kappa shape index (κ2) is 10.6. The van der Waals surface area contributed by atoms with Gasteiger partial charge in [-0.3, -0.25) is 9.69 Å². The molecule has 0 saturated carbocycles. The highest BCUT2D eigenvalue weighted by Gasteiger charge is 2.18. The van der Waals surface area contributed by atoms with Crippen LogP contribution in [0, 0.1) is 5.92 Å². The van der Waals surface area contributed by atoms with Gasteiger partial charge in [0.25, 0.3) is 0 Å². The number of halogens is 1. The summed E-state index contributed by atoms with van der Waals surface area (Å²) in [7, 11) is 0. The van der Waals surface area contributed by atoms with Gasteiger partial charge >= 0.3 is 5.97 Å². The van der Waals surface area contributed by atoms with E-state index >= 15 is 0 Å². The summed E-state index contributed by atoms with van der Waals surface area (Å²) in [5, 5.41) is 3.37. The number of hydrogen-bond donors (Lipinski definition) is 1. The Labute approximate surface area is 117 Å². The Morgan fingerprint density at radius 3 is 2.56 bits per heavy atom. The molecule has 1 saturated heterocycles. The van der Waals surface area contributed by atoms with Gasteiger partial charge in [0.05, 0.1) is 13.2 Å². The molecular weight excluding hydrogens is 252 g/mol. The summed E-state index contributed by atoms with van der Waals surface area (Å²) in [5.41, 5.74) is 0. The third-order valence-corrected chi connectivity index (χ3v) is 3.17. The first-order chi connectivity index (χ1) is 8.26. The Morgan fingerprint density at radius 1 is 1.33 bits per heavy atom. The SMILES string of the molecule is CCCN(CC(=O)OCC)CC1CCNCC1.Cl. The van der Waals surface area contributed by atoms with Crippen LogP contribution < -0.4 is 5.32 Å². The van der Waals surface area contributed by atoms with Crippen molar-refractivity contribution in [2.75, 3.05) is 39.3 Å². The van der Waals surface area contributed by atoms with Crippen LogP contribution in [0.1, 0.15) is 33.1 Å². The van der Waals surface area contributed by atoms with Gasteiger partial charge in [0.1, 0.15) is 0 Å². The molecule has 1 heterocycles. The molecule has 0 aromatic carbocycles. The van der Waals surface area contributed by atoms with Gasteiger partial charge in [-0.05, 0) is 51.7 Å². The molecule has 108 valence electrons. The summed E-state index contributed by atoms with van der Waals surface area (Å²) >= 11 is 0. The molecule has 0 atom stereocenters. The Kier molecular flexibility index (Phi) is 10.4. The van der Waals surface area contributed by atoms with Gasteiger partial charge in [0.2, 0.25) is 0 Å². The minimum atomic E-state index is -0.0881. The van der Waals surface area contributed by atoms with Crippen molar-refractivity contribution in [1.29, 1.82) is 0 Å². The summed E-state index contributed by atoms with van der Waals surface area (Å²) < 4.78 is 5.01. The first-order valence-electron chi connectivity index (χ1n) is 6.85. The van der Waals surface area contributed by atoms with Crippen LogP contribution in [0.2, 0.25) is 0 Å². The second-order valence-corrected chi connectivity index (χ2v) is 4.73. The van der Waals surface area contributed by atoms with Crippen molar-refractivity contribution in [2.24, 2.45) is 5.92 Å². The zero-order valence-electron chi connectivity index (χ0n) is 11.6. The van der Waals surface area contributed by atoms with E-state index in [0.29, 0.717) is 13.2 Å². The van der Waals surface area contributed by atoms with Crippen molar-refractivity contribution in [3.05, 3.63) is 0 Å². The zero-order valence-corrected chi connectivity index (χ0v) is 12.4. The van der Waals surface area contributed by atoms with Crippen LogP contribution >= 0.6 is 12.4 Å². The number of nitrogens with zero attached hydrogens (tertiary/aromatic N) is 1. The molecular formula is C13H27ClN2O2. The van der Waals surface area contributed by atoms with Crippen LogP contribution in [0.25, 0.3) is 0 Å². The van der Waals surface area contributed by atoms with Crippen LogP contribution in [-0.4, -0.2) is 50.2 Å². The van der Waals surface area contributed by atoms with Crippen molar-refractivity contribution >= 4 is 18.4 Å². The molecule has 18 heavy (non-hydrogen) atoms. The van der Waals surface area contributed by atoms with Crippen LogP contribution in [0.3, 0.4) is 0 Å². The number of rotatable bonds is 7. The summed E-state index contributed by atoms with van der Waals surface area (Å²) in [4.78, 5) is 13.7. The molecule has 1 aliphatic rings. The fraction of sp³-hybridized carbons (Fsp3) is 0.923. The van der Waals surface area contributed by atoms with Gasteiger partial charge in [0, 0.05) is 6.54 Å². The highest BCUT2D eigenvalue weighted by molar-refractivity contribution is 5.85. The maximum absolute atomic E-state index is 11.5. The average molecular weight is 279 g/mol. The molecule has 0 aromatic heterocycles. The smallest absolute Gasteiger partial charge is 0.320 e. The summed E-state index contributed by atoms with van der Waals surface area (Å²) in [5.74, 6) is 0.645. The Bertz CT molecular complexity index is 221. The van der Waals surface area contributed by atoms with Gasteiger partial charge in [-0.15, -0.1) is 12.4 Å². The summed E-state index contributed by atoms with van der Waals surface area (Å²) in [6, 6.07) is 0. The number of ether oxygens (including phenoxy) is 1. The molecule has 0 radical (unpaired) electrons. The molecule has 0 unspecified atom stereocenters. The minimum Gasteiger partial charge on any atom is -0.465 e. The number of piperidine rings is 1. The lowest BCUT2D eigenvalue weighted by atomic mass is 9.97. The third kappa shape index (κ3) is 7.19. The van der Waals surface area contributed by atoms with Gasteiger partial charge in [0.15, 0.2) is 0 Å². The molecule has 0 aliphatic carbocycles. The lowest BCUT2D eigenvalue weighted by Crippen LogP contribution is -2.39. The van der Waals surface area contributed by atoms with E-state index in [1.165, 1.54) is 12.8 Å². The molecule has 1 fully saturated rings. The van der Waals surface area contributed by atoms with E-state index in [4.69, 9.17) is 4.74 Å². The van der Waals surface area contributed by atoms with Crippen molar-refractivity contribution < 1.29 is 9.53 Å². The molecule has 1 N–H and O–H groups in total. The van der Waals surface area contributed by atoms with Crippen LogP contribution in [0.4, 0.5) is 0 Å². The summed E-state index contributed by atoms with van der Waals surface area (Å²) in [6.07, 6.45) is 3.54. The van der Waals surface area contributed by atoms with E-state index < -0.39 is 0 Å². The van der Waals surface area contributed by atoms with E-state index in [1.807, 2.05) is 6.92 Å². The minimum absolute atomic E-state index is 0. The predicted octanol–water partition coefficient (Wildman–Crippen LogP) is 1.68. The number of hydrogen-bond acceptors (Lipinski definition) is 4. The number of nitrogens with one attached hydrogen (secondary N) is 1. The second-order valence-electron chi connectivity index (χ2n) is 4.73. The van der Waals surface area contributed by atoms with E-state index in [2.05, 4.69) is 17.1 Å². The number of esters is 1. The monoisotopic (exact) mass is 278 g/mol. The first kappa shape index (κ1) is 17.7. The molecule has 0 spiro atoms. The van der Waals surface area contributed by atoms with E-state index in [-0.39, 0.29) is 18.4 Å². The van der Waals surface area contributed by atoms with Gasteiger partial charge in [-0.1, -0.05) is 6.92 Å². The lowest BCUT2D eigenvalue weighted by Gasteiger charge is -2.29. The maximum Gasteiger partial charge on any atom is 0.320 e. The maximum atomic E-state index is 11.5. The van der Waals surface area contributed by atoms with Crippen molar-refractivity contribution in [3.8, 4) is 0 Å². The van der Waals surface area contributed by atoms with E-state index in [1.54, 1.807) is 0 Å². The van der Waals surface area contributed by atoms with Crippen molar-refractivity contribution in [3.63, 3.8) is 0 Å². The molecule has 4 nitrogen and oxygen atoms in total. The summed E-state index contributed by atoms with van der Waals surface area (Å²) in [6.45, 7) is 9.19. The number of carbonyl (C=O) groups is 1. The standard InChI is InChI=1S/C13H26N2O2.ClH/c1-3-9-15(11-13(16)17-4-2)10-12-5-7-14-8-6-12;/h12,14H,3-11H2,1-2H3;1H. The van der Waals surface area contributed by atoms with Crippen LogP contribution in [0.5, 0.6) is 0 Å². The zero-order chi connectivity index (χ0) is 12.5. The highest BCUT2D eigenvalue weighted by atomic mass is 35.5. The number of carbonyl (C=O) groups excluding carboxylic acids is 1. The van der Waals surface area contributed by atoms with Crippen LogP contribution in [-0.2, 0) is 9.53 Å². The van der Waals surface area contributed by atoms with Crippen molar-refractivity contribution in [2.45, 2.75) is 33.1 Å². The normalized spacial score (nSPS) is 16.4. The lowest BCUT2D eigenvalue weighted by molar-refractivity contribution is -0.144. The molecule has 5 heteroatoms. The van der Waals surface area contributed by atoms with Crippen LogP contribution in [0.15, 0.2) is 0 Å². The van der Waals surface area contributed by atoms with Crippen molar-refractivity contribution in [1.82, 2.24) is 10.2 Å². The van der Waals surface area contributed by atoms with Gasteiger partial charge in [-0.2, -0.15) is 0 Å². The average Bonchev–Trinajstić information content (AvgIpc) is 2.31. The third-order valence-electron chi connectivity index (χ3n) is 3.17. The largest absolute Gasteiger partial charge is 0.465 e. The molecule has 1 aliphatic heterocycles. The molecule has 1 rings (SSSR count). The first-order valence-corrected chi connectivity index (χ1v) is 6.85.